The van der Waals surface area contributed by atoms with Crippen LogP contribution in [0.2, 0.25) is 0 Å². The highest BCUT2D eigenvalue weighted by atomic mass is 14.9. The molecule has 0 spiro atoms. The highest BCUT2D eigenvalue weighted by Gasteiger charge is 2.23. The third kappa shape index (κ3) is 3.28. The van der Waals surface area contributed by atoms with Crippen LogP contribution in [-0.2, 0) is 0 Å². The molecule has 0 saturated heterocycles. The van der Waals surface area contributed by atoms with E-state index < -0.39 is 0 Å². The molecule has 2 atom stereocenters. The number of anilines is 1. The van der Waals surface area contributed by atoms with Crippen LogP contribution in [0.25, 0.3) is 0 Å². The summed E-state index contributed by atoms with van der Waals surface area (Å²) in [7, 11) is 0. The third-order valence-corrected chi connectivity index (χ3v) is 4.34. The van der Waals surface area contributed by atoms with Crippen LogP contribution in [0.4, 0.5) is 5.69 Å². The molecule has 1 aromatic rings. The molecule has 1 N–H and O–H groups in total. The number of hydrogen-bond donors (Lipinski definition) is 1. The number of rotatable bonds is 4. The van der Waals surface area contributed by atoms with E-state index in [1.54, 1.807) is 0 Å². The Balaban J connectivity index is 2.05. The zero-order valence-corrected chi connectivity index (χ0v) is 12.1. The minimum Gasteiger partial charge on any atom is -0.382 e. The molecule has 1 aliphatic rings. The molecule has 1 aromatic carbocycles. The quantitative estimate of drug-likeness (QED) is 0.769. The van der Waals surface area contributed by atoms with Crippen LogP contribution in [0.5, 0.6) is 0 Å². The fourth-order valence-electron chi connectivity index (χ4n) is 3.09. The zero-order valence-electron chi connectivity index (χ0n) is 12.1. The van der Waals surface area contributed by atoms with Crippen LogP contribution in [0.3, 0.4) is 0 Å². The Morgan fingerprint density at radius 1 is 1.22 bits per heavy atom. The van der Waals surface area contributed by atoms with Gasteiger partial charge >= 0.3 is 0 Å². The summed E-state index contributed by atoms with van der Waals surface area (Å²) in [6.45, 7) is 6.85. The average Bonchev–Trinajstić information content (AvgIpc) is 2.39. The Hall–Kier alpha value is -0.980. The second-order valence-corrected chi connectivity index (χ2v) is 5.98. The molecule has 1 saturated carbocycles. The van der Waals surface area contributed by atoms with Crippen LogP contribution >= 0.6 is 0 Å². The first-order valence-corrected chi connectivity index (χ1v) is 7.57. The van der Waals surface area contributed by atoms with Gasteiger partial charge in [0.05, 0.1) is 0 Å². The molecule has 1 nitrogen and oxygen atoms in total. The highest BCUT2D eigenvalue weighted by Crippen LogP contribution is 2.30. The molecule has 0 aliphatic heterocycles. The van der Waals surface area contributed by atoms with Gasteiger partial charge < -0.3 is 5.32 Å². The lowest BCUT2D eigenvalue weighted by atomic mass is 9.82. The van der Waals surface area contributed by atoms with E-state index in [0.717, 1.165) is 5.92 Å². The van der Waals surface area contributed by atoms with Gasteiger partial charge in [0, 0.05) is 11.7 Å². The fourth-order valence-corrected chi connectivity index (χ4v) is 3.09. The Morgan fingerprint density at radius 3 is 2.72 bits per heavy atom. The second-order valence-electron chi connectivity index (χ2n) is 5.98. The lowest BCUT2D eigenvalue weighted by molar-refractivity contribution is 0.317. The molecule has 1 fully saturated rings. The smallest absolute Gasteiger partial charge is 0.0345 e. The fraction of sp³-hybridized carbons (Fsp3) is 0.647. The van der Waals surface area contributed by atoms with E-state index in [0.29, 0.717) is 12.0 Å². The van der Waals surface area contributed by atoms with Crippen molar-refractivity contribution in [3.63, 3.8) is 0 Å². The third-order valence-electron chi connectivity index (χ3n) is 4.34. The first-order valence-electron chi connectivity index (χ1n) is 7.57. The topological polar surface area (TPSA) is 12.0 Å². The highest BCUT2D eigenvalue weighted by molar-refractivity contribution is 5.47. The minimum absolute atomic E-state index is 0.611. The number of benzene rings is 1. The molecule has 18 heavy (non-hydrogen) atoms. The molecular weight excluding hydrogens is 218 g/mol. The Morgan fingerprint density at radius 2 is 2.00 bits per heavy atom. The Bertz CT molecular complexity index is 370. The monoisotopic (exact) mass is 245 g/mol. The largest absolute Gasteiger partial charge is 0.382 e. The summed E-state index contributed by atoms with van der Waals surface area (Å²) in [5, 5.41) is 3.78. The normalized spacial score (nSPS) is 24.2. The van der Waals surface area contributed by atoms with Gasteiger partial charge in [0.1, 0.15) is 0 Å². The number of hydrogen-bond acceptors (Lipinski definition) is 1. The van der Waals surface area contributed by atoms with E-state index in [4.69, 9.17) is 0 Å². The van der Waals surface area contributed by atoms with E-state index in [1.165, 1.54) is 43.4 Å². The molecule has 100 valence electrons. The van der Waals surface area contributed by atoms with Crippen molar-refractivity contribution >= 4 is 5.69 Å². The minimum atomic E-state index is 0.611. The molecule has 1 heteroatoms. The lowest BCUT2D eigenvalue weighted by Gasteiger charge is -2.32. The maximum atomic E-state index is 3.78. The first kappa shape index (κ1) is 13.5. The van der Waals surface area contributed by atoms with Gasteiger partial charge in [-0.05, 0) is 42.4 Å². The maximum Gasteiger partial charge on any atom is 0.0345 e. The zero-order chi connectivity index (χ0) is 13.0. The Kier molecular flexibility index (Phi) is 4.68. The van der Waals surface area contributed by atoms with Crippen molar-refractivity contribution in [3.8, 4) is 0 Å². The molecule has 2 unspecified atom stereocenters. The maximum absolute atomic E-state index is 3.78. The van der Waals surface area contributed by atoms with E-state index in [1.807, 2.05) is 0 Å². The van der Waals surface area contributed by atoms with Crippen molar-refractivity contribution in [2.24, 2.45) is 5.92 Å². The van der Waals surface area contributed by atoms with Crippen molar-refractivity contribution in [2.45, 2.75) is 64.8 Å². The predicted molar refractivity (Wildman–Crippen MR) is 80.2 cm³/mol. The van der Waals surface area contributed by atoms with Crippen molar-refractivity contribution in [2.75, 3.05) is 5.32 Å². The molecular formula is C17H27N. The van der Waals surface area contributed by atoms with Crippen LogP contribution < -0.4 is 5.32 Å². The summed E-state index contributed by atoms with van der Waals surface area (Å²) in [6, 6.07) is 9.64. The van der Waals surface area contributed by atoms with Crippen molar-refractivity contribution in [1.29, 1.82) is 0 Å². The Labute approximate surface area is 112 Å². The van der Waals surface area contributed by atoms with Crippen molar-refractivity contribution < 1.29 is 0 Å². The van der Waals surface area contributed by atoms with E-state index >= 15 is 0 Å². The van der Waals surface area contributed by atoms with Gasteiger partial charge in [-0.15, -0.1) is 0 Å². The summed E-state index contributed by atoms with van der Waals surface area (Å²) in [6.07, 6.45) is 6.85. The van der Waals surface area contributed by atoms with Crippen molar-refractivity contribution in [3.05, 3.63) is 29.8 Å². The first-order chi connectivity index (χ1) is 8.70. The molecule has 0 radical (unpaired) electrons. The summed E-state index contributed by atoms with van der Waals surface area (Å²) in [4.78, 5) is 0. The van der Waals surface area contributed by atoms with Gasteiger partial charge in [0.25, 0.3) is 0 Å². The van der Waals surface area contributed by atoms with Gasteiger partial charge in [-0.3, -0.25) is 0 Å². The number of nitrogens with one attached hydrogen (secondary N) is 1. The summed E-state index contributed by atoms with van der Waals surface area (Å²) in [5.41, 5.74) is 2.75. The molecule has 0 amide bonds. The predicted octanol–water partition coefficient (Wildman–Crippen LogP) is 5.19. The van der Waals surface area contributed by atoms with Gasteiger partial charge in [-0.2, -0.15) is 0 Å². The van der Waals surface area contributed by atoms with Gasteiger partial charge in [0.15, 0.2) is 0 Å². The average molecular weight is 245 g/mol. The van der Waals surface area contributed by atoms with Gasteiger partial charge in [-0.25, -0.2) is 0 Å². The molecule has 0 aromatic heterocycles. The van der Waals surface area contributed by atoms with E-state index in [2.05, 4.69) is 50.4 Å². The van der Waals surface area contributed by atoms with E-state index in [9.17, 15) is 0 Å². The molecule has 0 heterocycles. The van der Waals surface area contributed by atoms with Gasteiger partial charge in [-0.1, -0.05) is 52.2 Å². The molecule has 0 bridgehead atoms. The van der Waals surface area contributed by atoms with Crippen molar-refractivity contribution in [1.82, 2.24) is 0 Å². The second kappa shape index (κ2) is 6.26. The molecule has 1 aliphatic carbocycles. The van der Waals surface area contributed by atoms with Crippen LogP contribution in [0, 0.1) is 5.92 Å². The summed E-state index contributed by atoms with van der Waals surface area (Å²) >= 11 is 0. The molecule has 2 rings (SSSR count). The van der Waals surface area contributed by atoms with Gasteiger partial charge in [0.2, 0.25) is 0 Å². The van der Waals surface area contributed by atoms with Crippen LogP contribution in [0.1, 0.15) is 64.4 Å². The van der Waals surface area contributed by atoms with Crippen LogP contribution in [0.15, 0.2) is 24.3 Å². The lowest BCUT2D eigenvalue weighted by Crippen LogP contribution is -2.31. The standard InChI is InChI=1S/C17H27N/c1-4-14-8-5-6-11-17(14)18-16-10-7-9-15(12-16)13(2)3/h7,9-10,12-14,17-18H,4-6,8,11H2,1-3H3. The summed E-state index contributed by atoms with van der Waals surface area (Å²) in [5.74, 6) is 1.47. The van der Waals surface area contributed by atoms with Crippen LogP contribution in [-0.4, -0.2) is 6.04 Å². The van der Waals surface area contributed by atoms with E-state index in [-0.39, 0.29) is 0 Å². The summed E-state index contributed by atoms with van der Waals surface area (Å²) < 4.78 is 0. The SMILES string of the molecule is CCC1CCCCC1Nc1cccc(C(C)C)c1.